The monoisotopic (exact) mass is 343 g/mol. The second kappa shape index (κ2) is 7.00. The summed E-state index contributed by atoms with van der Waals surface area (Å²) in [5, 5.41) is 3.83. The maximum atomic E-state index is 13.0. The van der Waals surface area contributed by atoms with Crippen LogP contribution in [0.2, 0.25) is 0 Å². The van der Waals surface area contributed by atoms with Crippen LogP contribution in [0.15, 0.2) is 47.0 Å². The van der Waals surface area contributed by atoms with Crippen molar-refractivity contribution in [1.82, 2.24) is 10.1 Å². The van der Waals surface area contributed by atoms with Gasteiger partial charge in [-0.05, 0) is 42.5 Å². The number of carbonyl (C=O) groups is 1. The molecule has 0 aliphatic rings. The Kier molecular flexibility index (Phi) is 4.60. The number of nitrogens with zero attached hydrogens (tertiary/aromatic N) is 2. The van der Waals surface area contributed by atoms with Gasteiger partial charge in [-0.3, -0.25) is 0 Å². The van der Waals surface area contributed by atoms with Gasteiger partial charge in [0.15, 0.2) is 6.61 Å². The van der Waals surface area contributed by atoms with E-state index < -0.39 is 11.8 Å². The maximum Gasteiger partial charge on any atom is 0.340 e. The van der Waals surface area contributed by atoms with Crippen molar-refractivity contribution in [3.05, 3.63) is 59.7 Å². The fourth-order valence-electron chi connectivity index (χ4n) is 2.10. The smallest absolute Gasteiger partial charge is 0.340 e. The van der Waals surface area contributed by atoms with Crippen molar-refractivity contribution in [3.63, 3.8) is 0 Å². The summed E-state index contributed by atoms with van der Waals surface area (Å²) in [6, 6.07) is 10.5. The molecule has 0 unspecified atom stereocenters. The molecule has 0 saturated heterocycles. The van der Waals surface area contributed by atoms with Gasteiger partial charge in [0, 0.05) is 11.3 Å². The lowest BCUT2D eigenvalue weighted by Crippen LogP contribution is -2.08. The summed E-state index contributed by atoms with van der Waals surface area (Å²) < 4.78 is 28.2. The fourth-order valence-corrected chi connectivity index (χ4v) is 2.10. The number of nitrogen functional groups attached to an aromatic ring is 1. The largest absolute Gasteiger partial charge is 0.497 e. The Morgan fingerprint density at radius 1 is 1.24 bits per heavy atom. The van der Waals surface area contributed by atoms with Crippen molar-refractivity contribution in [2.75, 3.05) is 12.8 Å². The Balaban J connectivity index is 1.66. The van der Waals surface area contributed by atoms with Crippen LogP contribution in [0.3, 0.4) is 0 Å². The van der Waals surface area contributed by atoms with E-state index >= 15 is 0 Å². The van der Waals surface area contributed by atoms with E-state index in [4.69, 9.17) is 19.7 Å². The van der Waals surface area contributed by atoms with Gasteiger partial charge in [0.05, 0.1) is 12.7 Å². The zero-order chi connectivity index (χ0) is 17.8. The van der Waals surface area contributed by atoms with Crippen LogP contribution in [0.5, 0.6) is 5.75 Å². The molecule has 0 aliphatic heterocycles. The van der Waals surface area contributed by atoms with Crippen molar-refractivity contribution < 1.29 is 23.2 Å². The minimum atomic E-state index is -0.707. The molecule has 25 heavy (non-hydrogen) atoms. The summed E-state index contributed by atoms with van der Waals surface area (Å²) in [4.78, 5) is 16.1. The van der Waals surface area contributed by atoms with Crippen LogP contribution in [-0.2, 0) is 11.3 Å². The third kappa shape index (κ3) is 3.74. The van der Waals surface area contributed by atoms with E-state index in [2.05, 4.69) is 10.1 Å². The van der Waals surface area contributed by atoms with E-state index in [1.807, 2.05) is 0 Å². The molecule has 0 atom stereocenters. The number of hydrogen-bond donors (Lipinski definition) is 1. The highest BCUT2D eigenvalue weighted by molar-refractivity contribution is 5.94. The molecule has 3 rings (SSSR count). The average molecular weight is 343 g/mol. The average Bonchev–Trinajstić information content (AvgIpc) is 3.09. The number of benzene rings is 2. The summed E-state index contributed by atoms with van der Waals surface area (Å²) in [6.07, 6.45) is 0. The standard InChI is InChI=1S/C17H14FN3O4/c1-23-12-5-2-10(3-6-12)16-20-15(25-21-16)9-24-17(22)13-7-4-11(18)8-14(13)19/h2-8H,9,19H2,1H3. The first kappa shape index (κ1) is 16.4. The summed E-state index contributed by atoms with van der Waals surface area (Å²) in [6.45, 7) is -0.223. The molecule has 1 aromatic heterocycles. The van der Waals surface area contributed by atoms with Crippen molar-refractivity contribution in [2.45, 2.75) is 6.61 Å². The predicted octanol–water partition coefficient (Wildman–Crippen LogP) is 2.82. The Labute approximate surface area is 142 Å². The number of ether oxygens (including phenoxy) is 2. The Morgan fingerprint density at radius 3 is 2.68 bits per heavy atom. The molecule has 2 aromatic carbocycles. The summed E-state index contributed by atoms with van der Waals surface area (Å²) in [5.41, 5.74) is 6.38. The first-order valence-corrected chi connectivity index (χ1v) is 7.26. The maximum absolute atomic E-state index is 13.0. The third-order valence-corrected chi connectivity index (χ3v) is 3.38. The number of halogens is 1. The lowest BCUT2D eigenvalue weighted by molar-refractivity contribution is 0.0431. The first-order chi connectivity index (χ1) is 12.1. The molecule has 0 amide bonds. The van der Waals surface area contributed by atoms with Gasteiger partial charge < -0.3 is 19.7 Å². The second-order valence-electron chi connectivity index (χ2n) is 5.05. The summed E-state index contributed by atoms with van der Waals surface area (Å²) >= 11 is 0. The minimum absolute atomic E-state index is 0.00514. The minimum Gasteiger partial charge on any atom is -0.497 e. The lowest BCUT2D eigenvalue weighted by atomic mass is 10.2. The molecule has 8 heteroatoms. The number of anilines is 1. The van der Waals surface area contributed by atoms with Crippen LogP contribution in [0.25, 0.3) is 11.4 Å². The van der Waals surface area contributed by atoms with Crippen molar-refractivity contribution in [2.24, 2.45) is 0 Å². The Hall–Kier alpha value is -3.42. The molecule has 0 aliphatic carbocycles. The van der Waals surface area contributed by atoms with E-state index in [-0.39, 0.29) is 23.7 Å². The summed E-state index contributed by atoms with van der Waals surface area (Å²) in [7, 11) is 1.57. The van der Waals surface area contributed by atoms with E-state index in [0.29, 0.717) is 11.6 Å². The molecule has 2 N–H and O–H groups in total. The van der Waals surface area contributed by atoms with Crippen molar-refractivity contribution >= 4 is 11.7 Å². The molecule has 0 radical (unpaired) electrons. The zero-order valence-corrected chi connectivity index (χ0v) is 13.2. The quantitative estimate of drug-likeness (QED) is 0.561. The topological polar surface area (TPSA) is 100 Å². The highest BCUT2D eigenvalue weighted by Gasteiger charge is 2.15. The molecular weight excluding hydrogens is 329 g/mol. The molecule has 128 valence electrons. The molecule has 0 bridgehead atoms. The molecule has 0 fully saturated rings. The molecule has 0 saturated carbocycles. The van der Waals surface area contributed by atoms with Crippen molar-refractivity contribution in [3.8, 4) is 17.1 Å². The Morgan fingerprint density at radius 2 is 2.00 bits per heavy atom. The van der Waals surface area contributed by atoms with E-state index in [9.17, 15) is 9.18 Å². The second-order valence-corrected chi connectivity index (χ2v) is 5.05. The number of methoxy groups -OCH3 is 1. The van der Waals surface area contributed by atoms with Crippen LogP contribution in [0, 0.1) is 5.82 Å². The number of aromatic nitrogens is 2. The van der Waals surface area contributed by atoms with Gasteiger partial charge in [0.25, 0.3) is 5.89 Å². The van der Waals surface area contributed by atoms with Gasteiger partial charge >= 0.3 is 5.97 Å². The molecule has 3 aromatic rings. The van der Waals surface area contributed by atoms with Gasteiger partial charge in [-0.25, -0.2) is 9.18 Å². The number of esters is 1. The van der Waals surface area contributed by atoms with Crippen LogP contribution >= 0.6 is 0 Å². The highest BCUT2D eigenvalue weighted by atomic mass is 19.1. The predicted molar refractivity (Wildman–Crippen MR) is 86.2 cm³/mol. The SMILES string of the molecule is COc1ccc(-c2noc(COC(=O)c3ccc(F)cc3N)n2)cc1. The van der Waals surface area contributed by atoms with Gasteiger partial charge in [-0.1, -0.05) is 5.16 Å². The van der Waals surface area contributed by atoms with Crippen LogP contribution < -0.4 is 10.5 Å². The van der Waals surface area contributed by atoms with Gasteiger partial charge in [-0.15, -0.1) is 0 Å². The fraction of sp³-hybridized carbons (Fsp3) is 0.118. The zero-order valence-electron chi connectivity index (χ0n) is 13.2. The van der Waals surface area contributed by atoms with E-state index in [0.717, 1.165) is 17.7 Å². The van der Waals surface area contributed by atoms with Gasteiger partial charge in [0.2, 0.25) is 5.82 Å². The lowest BCUT2D eigenvalue weighted by Gasteiger charge is -2.04. The highest BCUT2D eigenvalue weighted by Crippen LogP contribution is 2.20. The number of carbonyl (C=O) groups excluding carboxylic acids is 1. The normalized spacial score (nSPS) is 10.5. The van der Waals surface area contributed by atoms with Crippen LogP contribution in [0.1, 0.15) is 16.2 Å². The number of nitrogens with two attached hydrogens (primary N) is 1. The summed E-state index contributed by atoms with van der Waals surface area (Å²) in [5.74, 6) is -0.0510. The van der Waals surface area contributed by atoms with Crippen LogP contribution in [-0.4, -0.2) is 23.2 Å². The first-order valence-electron chi connectivity index (χ1n) is 7.26. The molecular formula is C17H14FN3O4. The number of rotatable bonds is 5. The van der Waals surface area contributed by atoms with E-state index in [1.165, 1.54) is 6.07 Å². The third-order valence-electron chi connectivity index (χ3n) is 3.38. The molecule has 1 heterocycles. The van der Waals surface area contributed by atoms with Gasteiger partial charge in [0.1, 0.15) is 11.6 Å². The number of hydrogen-bond acceptors (Lipinski definition) is 7. The van der Waals surface area contributed by atoms with Crippen molar-refractivity contribution in [1.29, 1.82) is 0 Å². The van der Waals surface area contributed by atoms with E-state index in [1.54, 1.807) is 31.4 Å². The van der Waals surface area contributed by atoms with Gasteiger partial charge in [-0.2, -0.15) is 4.98 Å². The molecule has 7 nitrogen and oxygen atoms in total. The van der Waals surface area contributed by atoms with Crippen LogP contribution in [0.4, 0.5) is 10.1 Å². The Bertz CT molecular complexity index is 893. The molecule has 0 spiro atoms.